The number of carboxylic acid groups (broad SMARTS) is 1. The summed E-state index contributed by atoms with van der Waals surface area (Å²) in [6.45, 7) is 0.488. The predicted octanol–water partition coefficient (Wildman–Crippen LogP) is 3.56. The highest BCUT2D eigenvalue weighted by atomic mass is 19.4. The van der Waals surface area contributed by atoms with Crippen molar-refractivity contribution in [1.82, 2.24) is 24.3 Å². The minimum atomic E-state index is -4.42. The quantitative estimate of drug-likeness (QED) is 0.526. The van der Waals surface area contributed by atoms with Crippen molar-refractivity contribution < 1.29 is 28.2 Å². The van der Waals surface area contributed by atoms with Crippen LogP contribution in [-0.4, -0.2) is 46.7 Å². The summed E-state index contributed by atoms with van der Waals surface area (Å²) in [7, 11) is 0. The maximum absolute atomic E-state index is 12.6. The Labute approximate surface area is 166 Å². The fourth-order valence-corrected chi connectivity index (χ4v) is 3.17. The topological polar surface area (TPSA) is 106 Å². The Morgan fingerprint density at radius 3 is 2.63 bits per heavy atom. The van der Waals surface area contributed by atoms with Crippen molar-refractivity contribution in [1.29, 1.82) is 0 Å². The van der Waals surface area contributed by atoms with E-state index >= 15 is 0 Å². The van der Waals surface area contributed by atoms with Gasteiger partial charge in [-0.1, -0.05) is 0 Å². The van der Waals surface area contributed by atoms with Crippen LogP contribution in [0, 0.1) is 6.92 Å². The molecule has 154 valence electrons. The summed E-state index contributed by atoms with van der Waals surface area (Å²) in [4.78, 5) is 19.6. The number of nitrogens with zero attached hydrogens (tertiary/aromatic N) is 5. The van der Waals surface area contributed by atoms with Gasteiger partial charge in [-0.15, -0.1) is 0 Å². The molecule has 0 bridgehead atoms. The molecule has 30 heavy (non-hydrogen) atoms. The number of aryl methyl sites for hydroxylation is 1. The maximum atomic E-state index is 12.6. The maximum Gasteiger partial charge on any atom is 0.408 e. The smallest absolute Gasteiger partial charge is 0.408 e. The van der Waals surface area contributed by atoms with Crippen LogP contribution in [0.2, 0.25) is 0 Å². The fraction of sp³-hybridized carbons (Fsp3) is 0.158. The predicted molar refractivity (Wildman–Crippen MR) is 99.5 cm³/mol. The van der Waals surface area contributed by atoms with E-state index in [9.17, 15) is 23.1 Å². The van der Waals surface area contributed by atoms with Gasteiger partial charge in [-0.25, -0.2) is 9.78 Å². The third-order valence-electron chi connectivity index (χ3n) is 4.47. The third kappa shape index (κ3) is 3.56. The van der Waals surface area contributed by atoms with Gasteiger partial charge >= 0.3 is 12.1 Å². The average molecular weight is 417 g/mol. The average Bonchev–Trinajstić information content (AvgIpc) is 3.24. The largest absolute Gasteiger partial charge is 0.494 e. The number of halogens is 3. The van der Waals surface area contributed by atoms with Crippen LogP contribution in [0.1, 0.15) is 15.9 Å². The van der Waals surface area contributed by atoms with Crippen molar-refractivity contribution in [3.8, 4) is 22.8 Å². The second-order valence-corrected chi connectivity index (χ2v) is 6.69. The second kappa shape index (κ2) is 6.87. The Hall–Kier alpha value is -3.89. The van der Waals surface area contributed by atoms with E-state index in [0.717, 1.165) is 4.68 Å². The number of aromatic nitrogens is 5. The third-order valence-corrected chi connectivity index (χ3v) is 4.47. The Kier molecular flexibility index (Phi) is 4.45. The Balaban J connectivity index is 1.79. The molecule has 0 radical (unpaired) electrons. The standard InChI is InChI=1S/C19H14F3N5O3/c1-10-2-14(11-3-12(18(29)30)5-23-4-11)25-15-8-27(17(28)16(10)15)13-6-24-26(7-13)9-19(20,21)22/h2-8,28H,9H2,1H3,(H,29,30). The second-order valence-electron chi connectivity index (χ2n) is 6.69. The summed E-state index contributed by atoms with van der Waals surface area (Å²) in [5.74, 6) is -1.31. The van der Waals surface area contributed by atoms with Crippen LogP contribution in [0.25, 0.3) is 27.8 Å². The molecule has 0 saturated carbocycles. The number of carbonyl (C=O) groups is 1. The van der Waals surface area contributed by atoms with E-state index in [1.807, 2.05) is 0 Å². The van der Waals surface area contributed by atoms with Gasteiger partial charge in [-0.2, -0.15) is 18.3 Å². The lowest BCUT2D eigenvalue weighted by molar-refractivity contribution is -0.142. The van der Waals surface area contributed by atoms with E-state index in [0.29, 0.717) is 27.7 Å². The first-order valence-electron chi connectivity index (χ1n) is 8.62. The molecule has 0 saturated heterocycles. The van der Waals surface area contributed by atoms with Gasteiger partial charge in [0.15, 0.2) is 0 Å². The summed E-state index contributed by atoms with van der Waals surface area (Å²) < 4.78 is 39.7. The molecule has 0 unspecified atom stereocenters. The van der Waals surface area contributed by atoms with E-state index in [2.05, 4.69) is 15.1 Å². The highest BCUT2D eigenvalue weighted by Gasteiger charge is 2.28. The lowest BCUT2D eigenvalue weighted by atomic mass is 10.1. The zero-order valence-electron chi connectivity index (χ0n) is 15.4. The summed E-state index contributed by atoms with van der Waals surface area (Å²) in [5.41, 5.74) is 2.20. The zero-order chi connectivity index (χ0) is 21.6. The molecule has 4 heterocycles. The first-order valence-corrected chi connectivity index (χ1v) is 8.62. The number of hydrogen-bond acceptors (Lipinski definition) is 5. The minimum Gasteiger partial charge on any atom is -0.494 e. The molecule has 0 aliphatic heterocycles. The molecule has 4 rings (SSSR count). The van der Waals surface area contributed by atoms with Gasteiger partial charge in [0.1, 0.15) is 6.54 Å². The molecule has 0 spiro atoms. The number of rotatable bonds is 4. The van der Waals surface area contributed by atoms with Crippen molar-refractivity contribution in [2.75, 3.05) is 0 Å². The SMILES string of the molecule is Cc1cc(-c2cncc(C(=O)O)c2)nc2cn(-c3cnn(CC(F)(F)F)c3)c(O)c12. The van der Waals surface area contributed by atoms with Crippen molar-refractivity contribution in [2.24, 2.45) is 0 Å². The number of hydrogen-bond donors (Lipinski definition) is 2. The van der Waals surface area contributed by atoms with E-state index in [4.69, 9.17) is 5.11 Å². The number of pyridine rings is 2. The molecular formula is C19H14F3N5O3. The normalized spacial score (nSPS) is 11.9. The summed E-state index contributed by atoms with van der Waals surface area (Å²) >= 11 is 0. The van der Waals surface area contributed by atoms with Crippen molar-refractivity contribution in [3.05, 3.63) is 54.2 Å². The van der Waals surface area contributed by atoms with E-state index in [-0.39, 0.29) is 17.1 Å². The molecule has 0 fully saturated rings. The summed E-state index contributed by atoms with van der Waals surface area (Å²) in [6.07, 6.45) is 2.13. The van der Waals surface area contributed by atoms with Crippen LogP contribution >= 0.6 is 0 Å². The van der Waals surface area contributed by atoms with Crippen LogP contribution in [0.3, 0.4) is 0 Å². The molecular weight excluding hydrogens is 403 g/mol. The van der Waals surface area contributed by atoms with Gasteiger partial charge in [0.2, 0.25) is 5.88 Å². The van der Waals surface area contributed by atoms with Gasteiger partial charge in [0.05, 0.1) is 34.0 Å². The Morgan fingerprint density at radius 2 is 1.93 bits per heavy atom. The molecule has 0 amide bonds. The number of alkyl halides is 3. The molecule has 0 aromatic carbocycles. The van der Waals surface area contributed by atoms with Gasteiger partial charge in [0.25, 0.3) is 0 Å². The lowest BCUT2D eigenvalue weighted by Crippen LogP contribution is -2.17. The molecule has 8 nitrogen and oxygen atoms in total. The molecule has 11 heteroatoms. The number of fused-ring (bicyclic) bond motifs is 1. The Bertz CT molecular complexity index is 1280. The molecule has 4 aromatic heterocycles. The molecule has 0 aliphatic carbocycles. The fourth-order valence-electron chi connectivity index (χ4n) is 3.17. The number of aromatic hydroxyl groups is 1. The summed E-state index contributed by atoms with van der Waals surface area (Å²) in [5, 5.41) is 23.9. The van der Waals surface area contributed by atoms with Crippen molar-refractivity contribution in [2.45, 2.75) is 19.6 Å². The van der Waals surface area contributed by atoms with Crippen LogP contribution < -0.4 is 0 Å². The molecule has 0 aliphatic rings. The van der Waals surface area contributed by atoms with Gasteiger partial charge < -0.3 is 10.2 Å². The Morgan fingerprint density at radius 1 is 1.17 bits per heavy atom. The van der Waals surface area contributed by atoms with Crippen LogP contribution in [0.4, 0.5) is 13.2 Å². The zero-order valence-corrected chi connectivity index (χ0v) is 15.4. The van der Waals surface area contributed by atoms with Crippen LogP contribution in [0.5, 0.6) is 5.88 Å². The van der Waals surface area contributed by atoms with Crippen molar-refractivity contribution >= 4 is 16.9 Å². The molecule has 0 atom stereocenters. The number of carboxylic acids is 1. The van der Waals surface area contributed by atoms with Crippen LogP contribution in [0.15, 0.2) is 43.1 Å². The first-order chi connectivity index (χ1) is 14.1. The van der Waals surface area contributed by atoms with Gasteiger partial charge in [0, 0.05) is 30.4 Å². The van der Waals surface area contributed by atoms with E-state index in [1.54, 1.807) is 13.0 Å². The van der Waals surface area contributed by atoms with Crippen LogP contribution in [-0.2, 0) is 6.54 Å². The van der Waals surface area contributed by atoms with Crippen molar-refractivity contribution in [3.63, 3.8) is 0 Å². The molecule has 2 N–H and O–H groups in total. The van der Waals surface area contributed by atoms with Gasteiger partial charge in [-0.3, -0.25) is 14.2 Å². The highest BCUT2D eigenvalue weighted by molar-refractivity contribution is 5.92. The lowest BCUT2D eigenvalue weighted by Gasteiger charge is -2.05. The highest BCUT2D eigenvalue weighted by Crippen LogP contribution is 2.34. The summed E-state index contributed by atoms with van der Waals surface area (Å²) in [6, 6.07) is 3.10. The van der Waals surface area contributed by atoms with Gasteiger partial charge in [-0.05, 0) is 24.6 Å². The minimum absolute atomic E-state index is 0.00421. The monoisotopic (exact) mass is 417 g/mol. The molecule has 4 aromatic rings. The first kappa shape index (κ1) is 19.4. The van der Waals surface area contributed by atoms with E-state index in [1.165, 1.54) is 41.6 Å². The van der Waals surface area contributed by atoms with E-state index < -0.39 is 18.7 Å². The number of aromatic carboxylic acids is 1.